The first kappa shape index (κ1) is 21.3. The van der Waals surface area contributed by atoms with E-state index >= 15 is 0 Å². The van der Waals surface area contributed by atoms with Crippen LogP contribution in [0, 0.1) is 18.8 Å². The zero-order valence-corrected chi connectivity index (χ0v) is 17.4. The van der Waals surface area contributed by atoms with Crippen molar-refractivity contribution in [3.05, 3.63) is 70.9 Å². The average molecular weight is 412 g/mol. The van der Waals surface area contributed by atoms with Gasteiger partial charge in [-0.1, -0.05) is 0 Å². The molecule has 0 aromatic carbocycles. The molecule has 3 heterocycles. The largest absolute Gasteiger partial charge is 0.477 e. The third-order valence-corrected chi connectivity index (χ3v) is 4.89. The van der Waals surface area contributed by atoms with Crippen LogP contribution in [0.1, 0.15) is 41.3 Å². The fourth-order valence-electron chi connectivity index (χ4n) is 3.06. The van der Waals surface area contributed by atoms with Crippen molar-refractivity contribution in [2.24, 2.45) is 0 Å². The van der Waals surface area contributed by atoms with Crippen LogP contribution in [0.2, 0.25) is 0 Å². The molecule has 1 N–H and O–H groups in total. The molecule has 8 heteroatoms. The first-order chi connectivity index (χ1) is 14.0. The van der Waals surface area contributed by atoms with Crippen LogP contribution >= 0.6 is 0 Å². The monoisotopic (exact) mass is 412 g/mol. The summed E-state index contributed by atoms with van der Waals surface area (Å²) in [7, 11) is 3.62. The second-order valence-electron chi connectivity index (χ2n) is 7.81. The molecular formula is C22H22F2N4O2. The number of nitrogens with zero attached hydrogens (tertiary/aromatic N) is 4. The molecule has 0 aliphatic carbocycles. The molecule has 3 rings (SSSR count). The maximum atomic E-state index is 14.2. The van der Waals surface area contributed by atoms with E-state index < -0.39 is 23.3 Å². The molecule has 0 atom stereocenters. The lowest BCUT2D eigenvalue weighted by atomic mass is 9.83. The molecule has 3 aromatic heterocycles. The highest BCUT2D eigenvalue weighted by atomic mass is 19.1. The number of carboxylic acid groups (broad SMARTS) is 1. The molecule has 0 spiro atoms. The Bertz CT molecular complexity index is 1130. The van der Waals surface area contributed by atoms with E-state index in [0.717, 1.165) is 11.6 Å². The van der Waals surface area contributed by atoms with E-state index in [0.29, 0.717) is 22.8 Å². The second kappa shape index (κ2) is 7.78. The number of carbonyl (C=O) groups is 1. The Kier molecular flexibility index (Phi) is 5.52. The fourth-order valence-corrected chi connectivity index (χ4v) is 3.06. The normalized spacial score (nSPS) is 11.4. The Balaban J connectivity index is 2.17. The maximum Gasteiger partial charge on any atom is 0.354 e. The average Bonchev–Trinajstić information content (AvgIpc) is 2.67. The number of rotatable bonds is 5. The minimum absolute atomic E-state index is 0.0778. The van der Waals surface area contributed by atoms with Crippen molar-refractivity contribution in [1.82, 2.24) is 15.0 Å². The molecule has 3 aromatic rings. The summed E-state index contributed by atoms with van der Waals surface area (Å²) in [6.07, 6.45) is 0. The molecule has 0 radical (unpaired) electrons. The van der Waals surface area contributed by atoms with Gasteiger partial charge in [-0.3, -0.25) is 4.98 Å². The molecule has 30 heavy (non-hydrogen) atoms. The number of hydrogen-bond acceptors (Lipinski definition) is 5. The highest BCUT2D eigenvalue weighted by Crippen LogP contribution is 2.33. The van der Waals surface area contributed by atoms with Crippen LogP contribution in [0.15, 0.2) is 36.4 Å². The number of aryl methyl sites for hydroxylation is 1. The van der Waals surface area contributed by atoms with Crippen molar-refractivity contribution < 1.29 is 18.7 Å². The van der Waals surface area contributed by atoms with E-state index in [2.05, 4.69) is 15.0 Å². The van der Waals surface area contributed by atoms with E-state index in [1.807, 2.05) is 40.9 Å². The molecule has 0 saturated carbocycles. The Morgan fingerprint density at radius 2 is 1.67 bits per heavy atom. The molecule has 0 fully saturated rings. The van der Waals surface area contributed by atoms with Crippen molar-refractivity contribution in [3.8, 4) is 11.3 Å². The predicted molar refractivity (Wildman–Crippen MR) is 110 cm³/mol. The number of pyridine rings is 3. The Morgan fingerprint density at radius 1 is 1.00 bits per heavy atom. The van der Waals surface area contributed by atoms with E-state index in [4.69, 9.17) is 0 Å². The van der Waals surface area contributed by atoms with Gasteiger partial charge >= 0.3 is 5.97 Å². The van der Waals surface area contributed by atoms with Crippen LogP contribution in [0.25, 0.3) is 11.3 Å². The maximum absolute atomic E-state index is 14.2. The Hall–Kier alpha value is -3.42. The Labute approximate surface area is 173 Å². The van der Waals surface area contributed by atoms with Gasteiger partial charge in [0, 0.05) is 25.2 Å². The minimum atomic E-state index is -1.13. The summed E-state index contributed by atoms with van der Waals surface area (Å²) in [6.45, 7) is 5.57. The fraction of sp³-hybridized carbons (Fsp3) is 0.273. The van der Waals surface area contributed by atoms with Gasteiger partial charge in [-0.2, -0.15) is 13.8 Å². The van der Waals surface area contributed by atoms with Crippen molar-refractivity contribution in [2.75, 3.05) is 19.0 Å². The quantitative estimate of drug-likeness (QED) is 0.633. The zero-order valence-electron chi connectivity index (χ0n) is 17.4. The minimum Gasteiger partial charge on any atom is -0.477 e. The molecule has 0 unspecified atom stereocenters. The van der Waals surface area contributed by atoms with E-state index in [9.17, 15) is 18.7 Å². The van der Waals surface area contributed by atoms with Crippen LogP contribution < -0.4 is 4.90 Å². The molecular weight excluding hydrogens is 390 g/mol. The lowest BCUT2D eigenvalue weighted by molar-refractivity contribution is 0.0690. The molecule has 0 aliphatic heterocycles. The first-order valence-electron chi connectivity index (χ1n) is 9.24. The van der Waals surface area contributed by atoms with Gasteiger partial charge in [0.25, 0.3) is 0 Å². The van der Waals surface area contributed by atoms with Gasteiger partial charge in [-0.15, -0.1) is 0 Å². The summed E-state index contributed by atoms with van der Waals surface area (Å²) in [4.78, 5) is 25.5. The predicted octanol–water partition coefficient (Wildman–Crippen LogP) is 4.22. The molecule has 6 nitrogen and oxygen atoms in total. The summed E-state index contributed by atoms with van der Waals surface area (Å²) in [5.74, 6) is -2.98. The van der Waals surface area contributed by atoms with Crippen molar-refractivity contribution in [1.29, 1.82) is 0 Å². The van der Waals surface area contributed by atoms with Gasteiger partial charge in [0.1, 0.15) is 0 Å². The molecule has 0 bridgehead atoms. The first-order valence-corrected chi connectivity index (χ1v) is 9.24. The molecule has 0 aliphatic rings. The van der Waals surface area contributed by atoms with E-state index in [1.54, 1.807) is 17.0 Å². The second-order valence-corrected chi connectivity index (χ2v) is 7.81. The number of anilines is 1. The number of aromatic carboxylic acids is 1. The summed E-state index contributed by atoms with van der Waals surface area (Å²) in [5, 5.41) is 9.47. The number of carboxylic acids is 1. The topological polar surface area (TPSA) is 79.2 Å². The van der Waals surface area contributed by atoms with Gasteiger partial charge in [-0.05, 0) is 62.7 Å². The number of halogens is 2. The Morgan fingerprint density at radius 3 is 2.27 bits per heavy atom. The van der Waals surface area contributed by atoms with Crippen LogP contribution in [0.4, 0.5) is 14.5 Å². The van der Waals surface area contributed by atoms with E-state index in [-0.39, 0.29) is 11.3 Å². The summed E-state index contributed by atoms with van der Waals surface area (Å²) in [5.41, 5.74) is 2.10. The summed E-state index contributed by atoms with van der Waals surface area (Å²) >= 11 is 0. The smallest absolute Gasteiger partial charge is 0.354 e. The zero-order chi connectivity index (χ0) is 22.2. The highest BCUT2D eigenvalue weighted by Gasteiger charge is 2.29. The van der Waals surface area contributed by atoms with Gasteiger partial charge in [0.05, 0.1) is 22.6 Å². The van der Waals surface area contributed by atoms with Gasteiger partial charge < -0.3 is 10.0 Å². The van der Waals surface area contributed by atoms with Crippen LogP contribution in [0.3, 0.4) is 0 Å². The van der Waals surface area contributed by atoms with Gasteiger partial charge in [0.2, 0.25) is 11.9 Å². The molecule has 0 amide bonds. The van der Waals surface area contributed by atoms with Crippen LogP contribution in [0.5, 0.6) is 0 Å². The summed E-state index contributed by atoms with van der Waals surface area (Å²) < 4.78 is 27.4. The van der Waals surface area contributed by atoms with Crippen molar-refractivity contribution in [2.45, 2.75) is 26.2 Å². The third-order valence-electron chi connectivity index (χ3n) is 4.89. The van der Waals surface area contributed by atoms with Crippen molar-refractivity contribution >= 4 is 11.7 Å². The highest BCUT2D eigenvalue weighted by molar-refractivity contribution is 5.86. The van der Waals surface area contributed by atoms with Crippen LogP contribution in [-0.4, -0.2) is 40.1 Å². The number of aromatic nitrogens is 3. The molecule has 0 saturated heterocycles. The third kappa shape index (κ3) is 4.12. The number of hydrogen-bond donors (Lipinski definition) is 1. The standard InChI is InChI=1S/C22H22F2N4O2/c1-12-8-15(14-6-7-19(23)27-20(14)24)25-17(9-12)22(2,3)18-11-13(28(4)5)10-16(26-18)21(29)30/h6-11H,1-5H3,(H,29,30). The van der Waals surface area contributed by atoms with Gasteiger partial charge in [0.15, 0.2) is 5.69 Å². The van der Waals surface area contributed by atoms with Gasteiger partial charge in [-0.25, -0.2) is 9.78 Å². The lowest BCUT2D eigenvalue weighted by Crippen LogP contribution is -2.25. The molecule has 156 valence electrons. The van der Waals surface area contributed by atoms with Crippen LogP contribution in [-0.2, 0) is 5.41 Å². The summed E-state index contributed by atoms with van der Waals surface area (Å²) in [6, 6.07) is 9.19. The van der Waals surface area contributed by atoms with E-state index in [1.165, 1.54) is 12.1 Å². The lowest BCUT2D eigenvalue weighted by Gasteiger charge is -2.26. The SMILES string of the molecule is Cc1cc(-c2ccc(F)nc2F)nc(C(C)(C)c2cc(N(C)C)cc(C(=O)O)n2)c1. The van der Waals surface area contributed by atoms with Crippen molar-refractivity contribution in [3.63, 3.8) is 0 Å².